The summed E-state index contributed by atoms with van der Waals surface area (Å²) in [4.78, 5) is 24.5. The molecule has 1 unspecified atom stereocenters. The van der Waals surface area contributed by atoms with E-state index in [2.05, 4.69) is 0 Å². The van der Waals surface area contributed by atoms with Crippen molar-refractivity contribution in [2.75, 3.05) is 13.7 Å². The molecule has 116 valence electrons. The Balaban J connectivity index is 3.19. The molecule has 0 saturated heterocycles. The first-order valence-corrected chi connectivity index (χ1v) is 6.82. The normalized spacial score (nSPS) is 12.4. The summed E-state index contributed by atoms with van der Waals surface area (Å²) in [6.07, 6.45) is 0. The molecule has 1 aromatic rings. The number of carbonyl (C=O) groups is 2. The van der Waals surface area contributed by atoms with Gasteiger partial charge in [0.25, 0.3) is 0 Å². The summed E-state index contributed by atoms with van der Waals surface area (Å²) in [5, 5.41) is 0. The number of esters is 2. The maximum atomic E-state index is 12.4. The lowest BCUT2D eigenvalue weighted by atomic mass is 9.98. The van der Waals surface area contributed by atoms with Crippen molar-refractivity contribution in [3.8, 4) is 5.75 Å². The van der Waals surface area contributed by atoms with Gasteiger partial charge < -0.3 is 14.2 Å². The lowest BCUT2D eigenvalue weighted by Crippen LogP contribution is -2.32. The number of hydrogen-bond donors (Lipinski definition) is 0. The molecule has 5 nitrogen and oxygen atoms in total. The van der Waals surface area contributed by atoms with Gasteiger partial charge in [0, 0.05) is 5.56 Å². The summed E-state index contributed by atoms with van der Waals surface area (Å²) in [7, 11) is 1.48. The van der Waals surface area contributed by atoms with Crippen LogP contribution in [0.2, 0.25) is 0 Å². The average molecular weight is 294 g/mol. The third kappa shape index (κ3) is 4.77. The van der Waals surface area contributed by atoms with Crippen LogP contribution in [0, 0.1) is 0 Å². The fraction of sp³-hybridized carbons (Fsp3) is 0.500. The van der Waals surface area contributed by atoms with Gasteiger partial charge >= 0.3 is 11.9 Å². The minimum Gasteiger partial charge on any atom is -0.496 e. The van der Waals surface area contributed by atoms with E-state index in [9.17, 15) is 9.59 Å². The lowest BCUT2D eigenvalue weighted by molar-refractivity contribution is -0.164. The molecule has 0 spiro atoms. The van der Waals surface area contributed by atoms with Crippen LogP contribution in [0.15, 0.2) is 24.3 Å². The van der Waals surface area contributed by atoms with Crippen LogP contribution in [0.4, 0.5) is 0 Å². The van der Waals surface area contributed by atoms with Crippen LogP contribution in [0.25, 0.3) is 0 Å². The molecule has 0 amide bonds. The molecule has 1 aromatic carbocycles. The SMILES string of the molecule is CCOC(=O)C(C(=O)OC(C)(C)C)c1ccccc1OC. The van der Waals surface area contributed by atoms with E-state index in [1.807, 2.05) is 0 Å². The minimum atomic E-state index is -1.15. The standard InChI is InChI=1S/C16H22O5/c1-6-20-14(17)13(15(18)21-16(2,3)4)11-9-7-8-10-12(11)19-5/h7-10,13H,6H2,1-5H3. The second-order valence-electron chi connectivity index (χ2n) is 5.46. The van der Waals surface area contributed by atoms with Crippen molar-refractivity contribution in [2.45, 2.75) is 39.2 Å². The van der Waals surface area contributed by atoms with E-state index in [-0.39, 0.29) is 6.61 Å². The molecule has 0 saturated carbocycles. The zero-order valence-corrected chi connectivity index (χ0v) is 13.1. The first kappa shape index (κ1) is 17.0. The van der Waals surface area contributed by atoms with E-state index < -0.39 is 23.5 Å². The van der Waals surface area contributed by atoms with Crippen LogP contribution in [0.5, 0.6) is 5.75 Å². The summed E-state index contributed by atoms with van der Waals surface area (Å²) >= 11 is 0. The summed E-state index contributed by atoms with van der Waals surface area (Å²) in [6.45, 7) is 7.11. The minimum absolute atomic E-state index is 0.188. The van der Waals surface area contributed by atoms with E-state index in [1.54, 1.807) is 52.0 Å². The van der Waals surface area contributed by atoms with E-state index in [1.165, 1.54) is 7.11 Å². The van der Waals surface area contributed by atoms with E-state index in [4.69, 9.17) is 14.2 Å². The van der Waals surface area contributed by atoms with Crippen molar-refractivity contribution < 1.29 is 23.8 Å². The van der Waals surface area contributed by atoms with Crippen molar-refractivity contribution in [2.24, 2.45) is 0 Å². The molecular formula is C16H22O5. The van der Waals surface area contributed by atoms with Gasteiger partial charge in [-0.25, -0.2) is 0 Å². The number of para-hydroxylation sites is 1. The van der Waals surface area contributed by atoms with Crippen LogP contribution in [-0.2, 0) is 19.1 Å². The molecule has 0 bridgehead atoms. The van der Waals surface area contributed by atoms with Crippen molar-refractivity contribution in [3.63, 3.8) is 0 Å². The molecule has 0 aliphatic carbocycles. The Kier molecular flexibility index (Phi) is 5.76. The van der Waals surface area contributed by atoms with Crippen molar-refractivity contribution >= 4 is 11.9 Å². The first-order valence-electron chi connectivity index (χ1n) is 6.82. The average Bonchev–Trinajstić information content (AvgIpc) is 2.37. The van der Waals surface area contributed by atoms with Gasteiger partial charge in [-0.05, 0) is 33.8 Å². The van der Waals surface area contributed by atoms with Crippen molar-refractivity contribution in [1.82, 2.24) is 0 Å². The number of carbonyl (C=O) groups excluding carboxylic acids is 2. The predicted molar refractivity (Wildman–Crippen MR) is 78.2 cm³/mol. The molecule has 0 radical (unpaired) electrons. The highest BCUT2D eigenvalue weighted by molar-refractivity contribution is 6.01. The van der Waals surface area contributed by atoms with Crippen LogP contribution >= 0.6 is 0 Å². The number of methoxy groups -OCH3 is 1. The Morgan fingerprint density at radius 1 is 1.14 bits per heavy atom. The topological polar surface area (TPSA) is 61.8 Å². The van der Waals surface area contributed by atoms with Gasteiger partial charge in [0.15, 0.2) is 5.92 Å². The Morgan fingerprint density at radius 2 is 1.76 bits per heavy atom. The van der Waals surface area contributed by atoms with Crippen LogP contribution in [0.1, 0.15) is 39.2 Å². The van der Waals surface area contributed by atoms with E-state index in [0.717, 1.165) is 0 Å². The summed E-state index contributed by atoms with van der Waals surface area (Å²) < 4.78 is 15.5. The van der Waals surface area contributed by atoms with Crippen LogP contribution in [0.3, 0.4) is 0 Å². The third-order valence-electron chi connectivity index (χ3n) is 2.61. The predicted octanol–water partition coefficient (Wildman–Crippen LogP) is 2.68. The lowest BCUT2D eigenvalue weighted by Gasteiger charge is -2.24. The maximum Gasteiger partial charge on any atom is 0.325 e. The van der Waals surface area contributed by atoms with Crippen LogP contribution in [-0.4, -0.2) is 31.3 Å². The Bertz CT molecular complexity index is 502. The molecule has 1 atom stereocenters. The fourth-order valence-electron chi connectivity index (χ4n) is 1.84. The Morgan fingerprint density at radius 3 is 2.29 bits per heavy atom. The highest BCUT2D eigenvalue weighted by Gasteiger charge is 2.35. The highest BCUT2D eigenvalue weighted by Crippen LogP contribution is 2.29. The molecular weight excluding hydrogens is 272 g/mol. The third-order valence-corrected chi connectivity index (χ3v) is 2.61. The van der Waals surface area contributed by atoms with Gasteiger partial charge in [0.05, 0.1) is 13.7 Å². The first-order chi connectivity index (χ1) is 9.80. The summed E-state index contributed by atoms with van der Waals surface area (Å²) in [5.74, 6) is -2.00. The van der Waals surface area contributed by atoms with Gasteiger partial charge in [-0.15, -0.1) is 0 Å². The van der Waals surface area contributed by atoms with Gasteiger partial charge in [-0.1, -0.05) is 18.2 Å². The molecule has 21 heavy (non-hydrogen) atoms. The zero-order valence-electron chi connectivity index (χ0n) is 13.1. The smallest absolute Gasteiger partial charge is 0.325 e. The van der Waals surface area contributed by atoms with E-state index >= 15 is 0 Å². The second-order valence-corrected chi connectivity index (χ2v) is 5.46. The highest BCUT2D eigenvalue weighted by atomic mass is 16.6. The van der Waals surface area contributed by atoms with Gasteiger partial charge in [0.2, 0.25) is 0 Å². The molecule has 0 N–H and O–H groups in total. The monoisotopic (exact) mass is 294 g/mol. The van der Waals surface area contributed by atoms with Crippen LogP contribution < -0.4 is 4.74 Å². The van der Waals surface area contributed by atoms with Crippen molar-refractivity contribution in [1.29, 1.82) is 0 Å². The molecule has 0 aliphatic rings. The maximum absolute atomic E-state index is 12.4. The number of hydrogen-bond acceptors (Lipinski definition) is 5. The van der Waals surface area contributed by atoms with E-state index in [0.29, 0.717) is 11.3 Å². The fourth-order valence-corrected chi connectivity index (χ4v) is 1.84. The Labute approximate surface area is 125 Å². The summed E-state index contributed by atoms with van der Waals surface area (Å²) in [5.41, 5.74) is -0.253. The van der Waals surface area contributed by atoms with Gasteiger partial charge in [0.1, 0.15) is 11.4 Å². The quantitative estimate of drug-likeness (QED) is 0.617. The number of benzene rings is 1. The largest absolute Gasteiger partial charge is 0.496 e. The zero-order chi connectivity index (χ0) is 16.0. The van der Waals surface area contributed by atoms with Gasteiger partial charge in [-0.2, -0.15) is 0 Å². The Hall–Kier alpha value is -2.04. The van der Waals surface area contributed by atoms with Gasteiger partial charge in [-0.3, -0.25) is 9.59 Å². The molecule has 1 rings (SSSR count). The second kappa shape index (κ2) is 7.11. The molecule has 0 aliphatic heterocycles. The molecule has 0 fully saturated rings. The molecule has 0 aromatic heterocycles. The van der Waals surface area contributed by atoms with Crippen molar-refractivity contribution in [3.05, 3.63) is 29.8 Å². The molecule has 0 heterocycles. The molecule has 5 heteroatoms. The summed E-state index contributed by atoms with van der Waals surface area (Å²) in [6, 6.07) is 6.84. The number of rotatable bonds is 5. The number of ether oxygens (including phenoxy) is 3.